The molecule has 0 saturated carbocycles. The molecule has 0 aromatic heterocycles. The molecule has 0 aliphatic heterocycles. The third kappa shape index (κ3) is 4.75. The number of carbonyl (C=O) groups is 2. The standard InChI is InChI=1S/C22H20N2O4/c23-21(25)20(15-16-7-3-1-4-8-16)22(26)24(27)17-11-13-19(14-12-17)28-18-9-5-2-6-10-18/h1-14,20,27H,15H2,(H2,23,25). The number of para-hydroxylation sites is 1. The predicted octanol–water partition coefficient (Wildman–Crippen LogP) is 3.55. The Kier molecular flexibility index (Phi) is 6.04. The number of nitrogens with two attached hydrogens (primary N) is 1. The zero-order chi connectivity index (χ0) is 19.9. The zero-order valence-electron chi connectivity index (χ0n) is 15.1. The van der Waals surface area contributed by atoms with Gasteiger partial charge >= 0.3 is 0 Å². The fourth-order valence-electron chi connectivity index (χ4n) is 2.71. The van der Waals surface area contributed by atoms with Gasteiger partial charge in [-0.25, -0.2) is 0 Å². The summed E-state index contributed by atoms with van der Waals surface area (Å²) in [6.07, 6.45) is 0.112. The molecular formula is C22H20N2O4. The topological polar surface area (TPSA) is 92.9 Å². The SMILES string of the molecule is NC(=O)C(Cc1ccccc1)C(=O)N(O)c1ccc(Oc2ccccc2)cc1. The van der Waals surface area contributed by atoms with Crippen molar-refractivity contribution in [3.63, 3.8) is 0 Å². The monoisotopic (exact) mass is 376 g/mol. The molecule has 0 bridgehead atoms. The number of anilines is 1. The molecule has 2 amide bonds. The summed E-state index contributed by atoms with van der Waals surface area (Å²) >= 11 is 0. The molecule has 28 heavy (non-hydrogen) atoms. The first-order chi connectivity index (χ1) is 13.5. The van der Waals surface area contributed by atoms with Crippen LogP contribution in [-0.2, 0) is 16.0 Å². The molecule has 3 aromatic carbocycles. The highest BCUT2D eigenvalue weighted by Crippen LogP contribution is 2.25. The Balaban J connectivity index is 1.71. The van der Waals surface area contributed by atoms with Crippen LogP contribution in [0.2, 0.25) is 0 Å². The molecule has 0 heterocycles. The van der Waals surface area contributed by atoms with Crippen molar-refractivity contribution in [1.29, 1.82) is 0 Å². The number of ether oxygens (including phenoxy) is 1. The van der Waals surface area contributed by atoms with Crippen molar-refractivity contribution >= 4 is 17.5 Å². The van der Waals surface area contributed by atoms with Crippen LogP contribution in [0, 0.1) is 5.92 Å². The van der Waals surface area contributed by atoms with Gasteiger partial charge in [-0.05, 0) is 48.4 Å². The minimum Gasteiger partial charge on any atom is -0.457 e. The smallest absolute Gasteiger partial charge is 0.263 e. The predicted molar refractivity (Wildman–Crippen MR) is 105 cm³/mol. The number of amides is 2. The van der Waals surface area contributed by atoms with E-state index in [-0.39, 0.29) is 12.1 Å². The van der Waals surface area contributed by atoms with Crippen LogP contribution in [0.1, 0.15) is 5.56 Å². The third-order valence-corrected chi connectivity index (χ3v) is 4.19. The molecule has 0 aliphatic rings. The van der Waals surface area contributed by atoms with Gasteiger partial charge in [0.1, 0.15) is 17.4 Å². The molecule has 0 spiro atoms. The first-order valence-electron chi connectivity index (χ1n) is 8.73. The van der Waals surface area contributed by atoms with Gasteiger partial charge in [-0.15, -0.1) is 0 Å². The molecule has 0 fully saturated rings. The Hall–Kier alpha value is -3.64. The molecule has 142 valence electrons. The van der Waals surface area contributed by atoms with Gasteiger partial charge in [0.25, 0.3) is 5.91 Å². The van der Waals surface area contributed by atoms with Crippen LogP contribution in [-0.4, -0.2) is 17.0 Å². The van der Waals surface area contributed by atoms with Gasteiger partial charge in [0.05, 0.1) is 5.69 Å². The highest BCUT2D eigenvalue weighted by atomic mass is 16.5. The molecule has 1 atom stereocenters. The van der Waals surface area contributed by atoms with Crippen LogP contribution in [0.3, 0.4) is 0 Å². The Morgan fingerprint density at radius 3 is 1.96 bits per heavy atom. The van der Waals surface area contributed by atoms with E-state index in [1.165, 1.54) is 12.1 Å². The largest absolute Gasteiger partial charge is 0.457 e. The highest BCUT2D eigenvalue weighted by molar-refractivity contribution is 6.06. The lowest BCUT2D eigenvalue weighted by Gasteiger charge is -2.20. The lowest BCUT2D eigenvalue weighted by molar-refractivity contribution is -0.135. The van der Waals surface area contributed by atoms with E-state index >= 15 is 0 Å². The van der Waals surface area contributed by atoms with Gasteiger partial charge in [-0.1, -0.05) is 48.5 Å². The Morgan fingerprint density at radius 2 is 1.39 bits per heavy atom. The van der Waals surface area contributed by atoms with Crippen LogP contribution in [0.25, 0.3) is 0 Å². The average Bonchev–Trinajstić information content (AvgIpc) is 2.73. The van der Waals surface area contributed by atoms with E-state index in [0.29, 0.717) is 16.6 Å². The van der Waals surface area contributed by atoms with Crippen molar-refractivity contribution in [1.82, 2.24) is 0 Å². The quantitative estimate of drug-likeness (QED) is 0.375. The minimum atomic E-state index is -1.17. The Labute approximate surface area is 162 Å². The van der Waals surface area contributed by atoms with Crippen molar-refractivity contribution < 1.29 is 19.5 Å². The second-order valence-electron chi connectivity index (χ2n) is 6.20. The molecule has 0 saturated heterocycles. The van der Waals surface area contributed by atoms with Gasteiger partial charge in [0.15, 0.2) is 0 Å². The number of carbonyl (C=O) groups excluding carboxylic acids is 2. The maximum Gasteiger partial charge on any atom is 0.263 e. The van der Waals surface area contributed by atoms with Crippen LogP contribution in [0.15, 0.2) is 84.9 Å². The Morgan fingerprint density at radius 1 is 0.857 bits per heavy atom. The molecule has 6 nitrogen and oxygen atoms in total. The summed E-state index contributed by atoms with van der Waals surface area (Å²) < 4.78 is 5.68. The zero-order valence-corrected chi connectivity index (χ0v) is 15.1. The molecule has 0 radical (unpaired) electrons. The number of rotatable bonds is 7. The molecule has 6 heteroatoms. The lowest BCUT2D eigenvalue weighted by Crippen LogP contribution is -2.41. The molecule has 3 aromatic rings. The summed E-state index contributed by atoms with van der Waals surface area (Å²) in [5.74, 6) is -1.53. The van der Waals surface area contributed by atoms with Crippen molar-refractivity contribution in [2.45, 2.75) is 6.42 Å². The summed E-state index contributed by atoms with van der Waals surface area (Å²) in [6, 6.07) is 24.5. The van der Waals surface area contributed by atoms with Crippen LogP contribution in [0.4, 0.5) is 5.69 Å². The molecule has 1 unspecified atom stereocenters. The fourth-order valence-corrected chi connectivity index (χ4v) is 2.71. The highest BCUT2D eigenvalue weighted by Gasteiger charge is 2.29. The third-order valence-electron chi connectivity index (χ3n) is 4.19. The van der Waals surface area contributed by atoms with E-state index in [1.807, 2.05) is 36.4 Å². The first-order valence-corrected chi connectivity index (χ1v) is 8.73. The second-order valence-corrected chi connectivity index (χ2v) is 6.20. The normalized spacial score (nSPS) is 11.5. The maximum absolute atomic E-state index is 12.6. The van der Waals surface area contributed by atoms with Crippen molar-refractivity contribution in [2.75, 3.05) is 5.06 Å². The summed E-state index contributed by atoms with van der Waals surface area (Å²) in [5, 5.41) is 10.8. The van der Waals surface area contributed by atoms with Crippen molar-refractivity contribution in [2.24, 2.45) is 11.7 Å². The number of hydrogen-bond acceptors (Lipinski definition) is 4. The number of hydrogen-bond donors (Lipinski definition) is 2. The van der Waals surface area contributed by atoms with E-state index in [0.717, 1.165) is 5.56 Å². The molecule has 3 N–H and O–H groups in total. The van der Waals surface area contributed by atoms with Gasteiger partial charge in [0.2, 0.25) is 5.91 Å². The van der Waals surface area contributed by atoms with E-state index in [4.69, 9.17) is 10.5 Å². The summed E-state index contributed by atoms with van der Waals surface area (Å²) in [5.41, 5.74) is 6.38. The minimum absolute atomic E-state index is 0.112. The lowest BCUT2D eigenvalue weighted by atomic mass is 9.97. The van der Waals surface area contributed by atoms with Crippen LogP contribution >= 0.6 is 0 Å². The summed E-state index contributed by atoms with van der Waals surface area (Å²) in [7, 11) is 0. The summed E-state index contributed by atoms with van der Waals surface area (Å²) in [4.78, 5) is 24.4. The Bertz CT molecular complexity index is 928. The molecule has 0 aliphatic carbocycles. The van der Waals surface area contributed by atoms with Crippen molar-refractivity contribution in [3.05, 3.63) is 90.5 Å². The fraction of sp³-hybridized carbons (Fsp3) is 0.0909. The van der Waals surface area contributed by atoms with E-state index in [2.05, 4.69) is 0 Å². The summed E-state index contributed by atoms with van der Waals surface area (Å²) in [6.45, 7) is 0. The van der Waals surface area contributed by atoms with Crippen LogP contribution in [0.5, 0.6) is 11.5 Å². The molecular weight excluding hydrogens is 356 g/mol. The number of benzene rings is 3. The van der Waals surface area contributed by atoms with Gasteiger partial charge in [-0.2, -0.15) is 5.06 Å². The number of nitrogens with zero attached hydrogens (tertiary/aromatic N) is 1. The van der Waals surface area contributed by atoms with E-state index in [9.17, 15) is 14.8 Å². The second kappa shape index (κ2) is 8.83. The maximum atomic E-state index is 12.6. The molecule has 3 rings (SSSR count). The number of primary amides is 1. The van der Waals surface area contributed by atoms with Crippen LogP contribution < -0.4 is 15.5 Å². The van der Waals surface area contributed by atoms with Gasteiger partial charge in [0, 0.05) is 0 Å². The number of hydroxylamine groups is 1. The van der Waals surface area contributed by atoms with E-state index in [1.54, 1.807) is 36.4 Å². The van der Waals surface area contributed by atoms with Gasteiger partial charge < -0.3 is 10.5 Å². The van der Waals surface area contributed by atoms with E-state index < -0.39 is 17.7 Å². The first kappa shape index (κ1) is 19.1. The van der Waals surface area contributed by atoms with Gasteiger partial charge in [-0.3, -0.25) is 14.8 Å². The van der Waals surface area contributed by atoms with Crippen molar-refractivity contribution in [3.8, 4) is 11.5 Å². The average molecular weight is 376 g/mol.